The van der Waals surface area contributed by atoms with Gasteiger partial charge in [0.1, 0.15) is 15.9 Å². The van der Waals surface area contributed by atoms with Crippen LogP contribution >= 0.6 is 23.2 Å². The second-order valence-corrected chi connectivity index (χ2v) is 2.66. The van der Waals surface area contributed by atoms with Crippen LogP contribution in [0.3, 0.4) is 0 Å². The van der Waals surface area contributed by atoms with E-state index < -0.39 is 0 Å². The molecular formula is C7H7Cl2NO. The quantitative estimate of drug-likeness (QED) is 0.672. The Balaban J connectivity index is 2.93. The van der Waals surface area contributed by atoms with E-state index in [-0.39, 0.29) is 0 Å². The van der Waals surface area contributed by atoms with E-state index in [9.17, 15) is 0 Å². The van der Waals surface area contributed by atoms with Gasteiger partial charge < -0.3 is 4.74 Å². The van der Waals surface area contributed by atoms with Crippen molar-refractivity contribution in [1.29, 1.82) is 0 Å². The van der Waals surface area contributed by atoms with Crippen LogP contribution in [0.1, 0.15) is 6.92 Å². The second kappa shape index (κ2) is 3.79. The predicted octanol–water partition coefficient (Wildman–Crippen LogP) is 2.79. The summed E-state index contributed by atoms with van der Waals surface area (Å²) >= 11 is 11.3. The molecule has 0 N–H and O–H groups in total. The van der Waals surface area contributed by atoms with Gasteiger partial charge in [0, 0.05) is 6.07 Å². The maximum absolute atomic E-state index is 5.73. The average Bonchev–Trinajstić information content (AvgIpc) is 1.98. The van der Waals surface area contributed by atoms with Gasteiger partial charge >= 0.3 is 0 Å². The van der Waals surface area contributed by atoms with Crippen LogP contribution in [0.25, 0.3) is 0 Å². The summed E-state index contributed by atoms with van der Waals surface area (Å²) in [5.74, 6) is 0.578. The Morgan fingerprint density at radius 2 is 2.27 bits per heavy atom. The molecule has 0 atom stereocenters. The van der Waals surface area contributed by atoms with E-state index in [2.05, 4.69) is 4.98 Å². The molecule has 0 aliphatic rings. The first-order valence-electron chi connectivity index (χ1n) is 3.18. The third kappa shape index (κ3) is 2.24. The number of ether oxygens (including phenoxy) is 1. The molecule has 60 valence electrons. The highest BCUT2D eigenvalue weighted by molar-refractivity contribution is 6.33. The molecule has 0 spiro atoms. The minimum atomic E-state index is 0.387. The van der Waals surface area contributed by atoms with Gasteiger partial charge in [0.15, 0.2) is 0 Å². The van der Waals surface area contributed by atoms with Crippen molar-refractivity contribution in [3.8, 4) is 5.75 Å². The van der Waals surface area contributed by atoms with Gasteiger partial charge in [-0.1, -0.05) is 23.2 Å². The molecule has 1 rings (SSSR count). The fourth-order valence-corrected chi connectivity index (χ4v) is 0.968. The number of aromatic nitrogens is 1. The zero-order chi connectivity index (χ0) is 8.27. The molecular weight excluding hydrogens is 185 g/mol. The lowest BCUT2D eigenvalue weighted by atomic mass is 10.4. The Morgan fingerprint density at radius 1 is 1.55 bits per heavy atom. The van der Waals surface area contributed by atoms with E-state index in [1.165, 1.54) is 6.20 Å². The molecule has 0 radical (unpaired) electrons. The van der Waals surface area contributed by atoms with E-state index in [4.69, 9.17) is 27.9 Å². The van der Waals surface area contributed by atoms with Crippen molar-refractivity contribution in [2.24, 2.45) is 0 Å². The van der Waals surface area contributed by atoms with Crippen LogP contribution < -0.4 is 4.74 Å². The van der Waals surface area contributed by atoms with Gasteiger partial charge in [-0.15, -0.1) is 0 Å². The third-order valence-electron chi connectivity index (χ3n) is 1.09. The van der Waals surface area contributed by atoms with Gasteiger partial charge in [-0.25, -0.2) is 4.98 Å². The van der Waals surface area contributed by atoms with Crippen LogP contribution in [-0.2, 0) is 0 Å². The number of hydrogen-bond acceptors (Lipinski definition) is 2. The molecule has 2 nitrogen and oxygen atoms in total. The predicted molar refractivity (Wildman–Crippen MR) is 45.4 cm³/mol. The number of halogens is 2. The van der Waals surface area contributed by atoms with Crippen molar-refractivity contribution in [3.63, 3.8) is 0 Å². The Morgan fingerprint density at radius 3 is 2.91 bits per heavy atom. The molecule has 0 saturated heterocycles. The van der Waals surface area contributed by atoms with E-state index in [0.717, 1.165) is 0 Å². The molecule has 4 heteroatoms. The molecule has 0 aliphatic carbocycles. The summed E-state index contributed by atoms with van der Waals surface area (Å²) in [6.07, 6.45) is 1.47. The van der Waals surface area contributed by atoms with E-state index in [1.54, 1.807) is 6.07 Å². The summed E-state index contributed by atoms with van der Waals surface area (Å²) in [5, 5.41) is 0.870. The first-order chi connectivity index (χ1) is 5.24. The van der Waals surface area contributed by atoms with Gasteiger partial charge in [-0.2, -0.15) is 0 Å². The summed E-state index contributed by atoms with van der Waals surface area (Å²) in [6, 6.07) is 1.59. The summed E-state index contributed by atoms with van der Waals surface area (Å²) < 4.78 is 5.16. The molecule has 0 bridgehead atoms. The SMILES string of the molecule is CCOc1cc(Cl)ncc1Cl. The Kier molecular flexibility index (Phi) is 2.97. The van der Waals surface area contributed by atoms with Crippen LogP contribution in [0, 0.1) is 0 Å². The zero-order valence-corrected chi connectivity index (χ0v) is 7.49. The summed E-state index contributed by atoms with van der Waals surface area (Å²) in [4.78, 5) is 3.78. The largest absolute Gasteiger partial charge is 0.492 e. The molecule has 0 aromatic carbocycles. The Bertz CT molecular complexity index is 252. The van der Waals surface area contributed by atoms with Crippen LogP contribution in [0.5, 0.6) is 5.75 Å². The van der Waals surface area contributed by atoms with Gasteiger partial charge in [-0.05, 0) is 6.92 Å². The van der Waals surface area contributed by atoms with Crippen molar-refractivity contribution in [3.05, 3.63) is 22.4 Å². The fraction of sp³-hybridized carbons (Fsp3) is 0.286. The monoisotopic (exact) mass is 191 g/mol. The third-order valence-corrected chi connectivity index (χ3v) is 1.58. The molecule has 0 fully saturated rings. The normalized spacial score (nSPS) is 9.73. The highest BCUT2D eigenvalue weighted by Gasteiger charge is 2.01. The Hall–Kier alpha value is -0.470. The number of nitrogens with zero attached hydrogens (tertiary/aromatic N) is 1. The Labute approximate surface area is 75.1 Å². The molecule has 0 amide bonds. The number of rotatable bonds is 2. The van der Waals surface area contributed by atoms with Crippen LogP contribution in [0.15, 0.2) is 12.3 Å². The van der Waals surface area contributed by atoms with Gasteiger partial charge in [0.05, 0.1) is 12.8 Å². The molecule has 11 heavy (non-hydrogen) atoms. The molecule has 1 heterocycles. The standard InChI is InChI=1S/C7H7Cl2NO/c1-2-11-6-3-7(9)10-4-5(6)8/h3-4H,2H2,1H3. The lowest BCUT2D eigenvalue weighted by molar-refractivity contribution is 0.340. The van der Waals surface area contributed by atoms with E-state index in [0.29, 0.717) is 22.5 Å². The van der Waals surface area contributed by atoms with Gasteiger partial charge in [0.25, 0.3) is 0 Å². The first-order valence-corrected chi connectivity index (χ1v) is 3.93. The maximum Gasteiger partial charge on any atom is 0.142 e. The molecule has 1 aromatic heterocycles. The van der Waals surface area contributed by atoms with Crippen molar-refractivity contribution in [2.45, 2.75) is 6.92 Å². The highest BCUT2D eigenvalue weighted by Crippen LogP contribution is 2.25. The zero-order valence-electron chi connectivity index (χ0n) is 5.97. The van der Waals surface area contributed by atoms with E-state index in [1.807, 2.05) is 6.92 Å². The maximum atomic E-state index is 5.73. The molecule has 0 saturated carbocycles. The minimum absolute atomic E-state index is 0.387. The minimum Gasteiger partial charge on any atom is -0.492 e. The van der Waals surface area contributed by atoms with Crippen molar-refractivity contribution in [1.82, 2.24) is 4.98 Å². The highest BCUT2D eigenvalue weighted by atomic mass is 35.5. The summed E-state index contributed by atoms with van der Waals surface area (Å²) in [5.41, 5.74) is 0. The van der Waals surface area contributed by atoms with Crippen LogP contribution in [0.2, 0.25) is 10.2 Å². The van der Waals surface area contributed by atoms with E-state index >= 15 is 0 Å². The summed E-state index contributed by atoms with van der Waals surface area (Å²) in [7, 11) is 0. The van der Waals surface area contributed by atoms with Crippen molar-refractivity contribution >= 4 is 23.2 Å². The van der Waals surface area contributed by atoms with Gasteiger partial charge in [-0.3, -0.25) is 0 Å². The fourth-order valence-electron chi connectivity index (χ4n) is 0.662. The average molecular weight is 192 g/mol. The summed E-state index contributed by atoms with van der Waals surface area (Å²) in [6.45, 7) is 2.45. The van der Waals surface area contributed by atoms with Crippen molar-refractivity contribution in [2.75, 3.05) is 6.61 Å². The second-order valence-electron chi connectivity index (χ2n) is 1.87. The lowest BCUT2D eigenvalue weighted by Crippen LogP contribution is -1.92. The molecule has 1 aromatic rings. The molecule has 0 unspecified atom stereocenters. The topological polar surface area (TPSA) is 22.1 Å². The molecule has 0 aliphatic heterocycles. The van der Waals surface area contributed by atoms with Crippen LogP contribution in [0.4, 0.5) is 0 Å². The van der Waals surface area contributed by atoms with Gasteiger partial charge in [0.2, 0.25) is 0 Å². The first kappa shape index (κ1) is 8.62. The van der Waals surface area contributed by atoms with Crippen molar-refractivity contribution < 1.29 is 4.74 Å². The number of hydrogen-bond donors (Lipinski definition) is 0. The van der Waals surface area contributed by atoms with Crippen LogP contribution in [-0.4, -0.2) is 11.6 Å². The number of pyridine rings is 1. The smallest absolute Gasteiger partial charge is 0.142 e. The lowest BCUT2D eigenvalue weighted by Gasteiger charge is -2.03.